The van der Waals surface area contributed by atoms with Crippen molar-refractivity contribution in [3.05, 3.63) is 35.4 Å². The molecule has 7 heteroatoms. The molecule has 1 aromatic rings. The van der Waals surface area contributed by atoms with Gasteiger partial charge in [0.1, 0.15) is 0 Å². The van der Waals surface area contributed by atoms with Crippen LogP contribution in [-0.2, 0) is 22.1 Å². The summed E-state index contributed by atoms with van der Waals surface area (Å²) < 4.78 is 22.6. The molecule has 5 nitrogen and oxygen atoms in total. The van der Waals surface area contributed by atoms with Crippen molar-refractivity contribution in [1.29, 1.82) is 0 Å². The first-order valence-electron chi connectivity index (χ1n) is 8.92. The molecule has 1 aromatic carbocycles. The van der Waals surface area contributed by atoms with Gasteiger partial charge in [0.15, 0.2) is 15.8 Å². The molecule has 0 bridgehead atoms. The SMILES string of the molecule is CN=C(NCc1ccc(CS(C)(=O)=O)cc1)NC(C)CCCC(C)C.I. The lowest BCUT2D eigenvalue weighted by atomic mass is 10.0. The molecular weight excluding hydrogens is 461 g/mol. The maximum atomic E-state index is 11.3. The largest absolute Gasteiger partial charge is 0.354 e. The maximum absolute atomic E-state index is 11.3. The second-order valence-corrected chi connectivity index (χ2v) is 9.32. The number of halogens is 1. The molecule has 0 spiro atoms. The first-order valence-corrected chi connectivity index (χ1v) is 11.0. The van der Waals surface area contributed by atoms with Crippen LogP contribution in [0.1, 0.15) is 51.2 Å². The molecule has 0 aliphatic carbocycles. The zero-order valence-electron chi connectivity index (χ0n) is 16.6. The maximum Gasteiger partial charge on any atom is 0.191 e. The van der Waals surface area contributed by atoms with Gasteiger partial charge < -0.3 is 10.6 Å². The third kappa shape index (κ3) is 11.7. The lowest BCUT2D eigenvalue weighted by Gasteiger charge is -2.18. The molecule has 150 valence electrons. The Morgan fingerprint density at radius 2 is 1.65 bits per heavy atom. The Kier molecular flexibility index (Phi) is 12.1. The highest BCUT2D eigenvalue weighted by atomic mass is 127. The fraction of sp³-hybridized carbons (Fsp3) is 0.632. The Balaban J connectivity index is 0.00000625. The Hall–Kier alpha value is -0.830. The topological polar surface area (TPSA) is 70.6 Å². The van der Waals surface area contributed by atoms with E-state index in [1.807, 2.05) is 24.3 Å². The molecular formula is C19H34IN3O2S. The van der Waals surface area contributed by atoms with Crippen LogP contribution in [0.5, 0.6) is 0 Å². The summed E-state index contributed by atoms with van der Waals surface area (Å²) in [6, 6.07) is 8.01. The molecule has 2 N–H and O–H groups in total. The van der Waals surface area contributed by atoms with E-state index in [1.54, 1.807) is 7.05 Å². The number of guanidine groups is 1. The summed E-state index contributed by atoms with van der Waals surface area (Å²) in [5, 5.41) is 6.72. The van der Waals surface area contributed by atoms with Crippen molar-refractivity contribution >= 4 is 39.8 Å². The number of sulfone groups is 1. The Labute approximate surface area is 176 Å². The number of nitrogens with zero attached hydrogens (tertiary/aromatic N) is 1. The van der Waals surface area contributed by atoms with Crippen LogP contribution in [0.25, 0.3) is 0 Å². The van der Waals surface area contributed by atoms with Gasteiger partial charge in [-0.1, -0.05) is 51.0 Å². The predicted octanol–water partition coefficient (Wildman–Crippen LogP) is 3.73. The van der Waals surface area contributed by atoms with Crippen LogP contribution in [-0.4, -0.2) is 33.7 Å². The zero-order valence-corrected chi connectivity index (χ0v) is 19.7. The third-order valence-electron chi connectivity index (χ3n) is 3.94. The fourth-order valence-electron chi connectivity index (χ4n) is 2.57. The molecule has 0 heterocycles. The van der Waals surface area contributed by atoms with Crippen LogP contribution in [0.2, 0.25) is 0 Å². The van der Waals surface area contributed by atoms with Crippen molar-refractivity contribution in [2.45, 2.75) is 58.4 Å². The Morgan fingerprint density at radius 3 is 2.15 bits per heavy atom. The molecule has 0 saturated heterocycles. The second-order valence-electron chi connectivity index (χ2n) is 7.18. The lowest BCUT2D eigenvalue weighted by Crippen LogP contribution is -2.41. The minimum Gasteiger partial charge on any atom is -0.354 e. The molecule has 26 heavy (non-hydrogen) atoms. The fourth-order valence-corrected chi connectivity index (χ4v) is 3.37. The summed E-state index contributed by atoms with van der Waals surface area (Å²) in [4.78, 5) is 4.27. The van der Waals surface area contributed by atoms with Crippen molar-refractivity contribution in [3.8, 4) is 0 Å². The lowest BCUT2D eigenvalue weighted by molar-refractivity contribution is 0.491. The summed E-state index contributed by atoms with van der Waals surface area (Å²) >= 11 is 0. The summed E-state index contributed by atoms with van der Waals surface area (Å²) in [7, 11) is -1.22. The van der Waals surface area contributed by atoms with E-state index >= 15 is 0 Å². The molecule has 1 rings (SSSR count). The molecule has 0 aromatic heterocycles. The Bertz CT molecular complexity index is 643. The minimum atomic E-state index is -2.99. The van der Waals surface area contributed by atoms with Crippen LogP contribution < -0.4 is 10.6 Å². The van der Waals surface area contributed by atoms with Gasteiger partial charge in [0.2, 0.25) is 0 Å². The summed E-state index contributed by atoms with van der Waals surface area (Å²) in [5.41, 5.74) is 1.90. The van der Waals surface area contributed by atoms with Crippen molar-refractivity contribution in [2.24, 2.45) is 10.9 Å². The van der Waals surface area contributed by atoms with E-state index in [-0.39, 0.29) is 29.7 Å². The van der Waals surface area contributed by atoms with Crippen molar-refractivity contribution in [3.63, 3.8) is 0 Å². The summed E-state index contributed by atoms with van der Waals surface area (Å²) in [5.74, 6) is 1.62. The number of nitrogens with one attached hydrogen (secondary N) is 2. The number of rotatable bonds is 9. The summed E-state index contributed by atoms with van der Waals surface area (Å²) in [6.07, 6.45) is 4.84. The van der Waals surface area contributed by atoms with Crippen LogP contribution in [0.15, 0.2) is 29.3 Å². The van der Waals surface area contributed by atoms with Crippen LogP contribution in [0.4, 0.5) is 0 Å². The summed E-state index contributed by atoms with van der Waals surface area (Å²) in [6.45, 7) is 7.32. The molecule has 1 atom stereocenters. The average molecular weight is 495 g/mol. The molecule has 0 aliphatic rings. The second kappa shape index (κ2) is 12.5. The van der Waals surface area contributed by atoms with Crippen LogP contribution >= 0.6 is 24.0 Å². The smallest absolute Gasteiger partial charge is 0.191 e. The molecule has 0 radical (unpaired) electrons. The highest BCUT2D eigenvalue weighted by Gasteiger charge is 2.07. The van der Waals surface area contributed by atoms with Gasteiger partial charge in [0.05, 0.1) is 5.75 Å². The van der Waals surface area contributed by atoms with Crippen molar-refractivity contribution in [1.82, 2.24) is 10.6 Å². The van der Waals surface area contributed by atoms with E-state index < -0.39 is 9.84 Å². The van der Waals surface area contributed by atoms with Gasteiger partial charge in [-0.05, 0) is 30.4 Å². The quantitative estimate of drug-likeness (QED) is 0.311. The standard InChI is InChI=1S/C19H33N3O2S.HI/c1-15(2)7-6-8-16(3)22-19(20-4)21-13-17-9-11-18(12-10-17)14-25(5,23)24;/h9-12,15-16H,6-8,13-14H2,1-5H3,(H2,20,21,22);1H. The van der Waals surface area contributed by atoms with Crippen molar-refractivity contribution < 1.29 is 8.42 Å². The van der Waals surface area contributed by atoms with Crippen molar-refractivity contribution in [2.75, 3.05) is 13.3 Å². The molecule has 0 amide bonds. The zero-order chi connectivity index (χ0) is 18.9. The van der Waals surface area contributed by atoms with Gasteiger partial charge in [-0.2, -0.15) is 0 Å². The van der Waals surface area contributed by atoms with E-state index in [2.05, 4.69) is 36.4 Å². The number of hydrogen-bond donors (Lipinski definition) is 2. The van der Waals surface area contributed by atoms with Gasteiger partial charge >= 0.3 is 0 Å². The highest BCUT2D eigenvalue weighted by molar-refractivity contribution is 14.0. The first kappa shape index (κ1) is 25.2. The van der Waals surface area contributed by atoms with Crippen LogP contribution in [0.3, 0.4) is 0 Å². The number of aliphatic imine (C=N–C) groups is 1. The number of benzene rings is 1. The van der Waals surface area contributed by atoms with E-state index in [0.717, 1.165) is 29.4 Å². The van der Waals surface area contributed by atoms with E-state index in [9.17, 15) is 8.42 Å². The van der Waals surface area contributed by atoms with E-state index in [1.165, 1.54) is 19.1 Å². The normalized spacial score (nSPS) is 13.2. The monoisotopic (exact) mass is 495 g/mol. The highest BCUT2D eigenvalue weighted by Crippen LogP contribution is 2.09. The molecule has 0 aliphatic heterocycles. The van der Waals surface area contributed by atoms with Gasteiger partial charge in [-0.25, -0.2) is 8.42 Å². The molecule has 0 saturated carbocycles. The van der Waals surface area contributed by atoms with Crippen LogP contribution in [0, 0.1) is 5.92 Å². The molecule has 1 unspecified atom stereocenters. The number of hydrogen-bond acceptors (Lipinski definition) is 3. The van der Waals surface area contributed by atoms with Gasteiger partial charge in [-0.15, -0.1) is 24.0 Å². The van der Waals surface area contributed by atoms with E-state index in [0.29, 0.717) is 12.6 Å². The van der Waals surface area contributed by atoms with Gasteiger partial charge in [0, 0.05) is 25.9 Å². The van der Waals surface area contributed by atoms with E-state index in [4.69, 9.17) is 0 Å². The Morgan fingerprint density at radius 1 is 1.08 bits per heavy atom. The average Bonchev–Trinajstić information content (AvgIpc) is 2.51. The molecule has 0 fully saturated rings. The van der Waals surface area contributed by atoms with Gasteiger partial charge in [-0.3, -0.25) is 4.99 Å². The minimum absolute atomic E-state index is 0. The van der Waals surface area contributed by atoms with Gasteiger partial charge in [0.25, 0.3) is 0 Å². The first-order chi connectivity index (χ1) is 11.7. The third-order valence-corrected chi connectivity index (χ3v) is 4.79. The predicted molar refractivity (Wildman–Crippen MR) is 122 cm³/mol.